The zero-order chi connectivity index (χ0) is 39.7. The molecule has 3 aromatic heterocycles. The van der Waals surface area contributed by atoms with E-state index in [-0.39, 0.29) is 0 Å². The lowest BCUT2D eigenvalue weighted by Crippen LogP contribution is -2.49. The second-order valence-corrected chi connectivity index (χ2v) is 22.3. The lowest BCUT2D eigenvalue weighted by atomic mass is 10.0. The maximum Gasteiger partial charge on any atom is 0.113 e. The Hall–Kier alpha value is -6.98. The van der Waals surface area contributed by atoms with Crippen LogP contribution in [0.2, 0.25) is 13.1 Å². The van der Waals surface area contributed by atoms with Gasteiger partial charge in [0.2, 0.25) is 0 Å². The Kier molecular flexibility index (Phi) is 7.08. The Balaban J connectivity index is 1.12. The van der Waals surface area contributed by atoms with Crippen LogP contribution in [0.1, 0.15) is 0 Å². The van der Waals surface area contributed by atoms with Crippen LogP contribution in [0.5, 0.6) is 0 Å². The first-order chi connectivity index (χ1) is 29.5. The molecule has 1 aliphatic heterocycles. The van der Waals surface area contributed by atoms with Gasteiger partial charge >= 0.3 is 0 Å². The Morgan fingerprint density at radius 3 is 1.87 bits per heavy atom. The number of fused-ring (bicyclic) bond motifs is 11. The molecule has 0 fully saturated rings. The molecule has 4 heteroatoms. The fourth-order valence-corrected chi connectivity index (χ4v) is 14.8. The monoisotopic (exact) mass is 798 g/mol. The Morgan fingerprint density at radius 1 is 0.400 bits per heavy atom. The van der Waals surface area contributed by atoms with Crippen molar-refractivity contribution < 1.29 is 0 Å². The zero-order valence-electron chi connectivity index (χ0n) is 33.3. The molecule has 0 saturated heterocycles. The minimum absolute atomic E-state index is 1.14. The quantitative estimate of drug-likeness (QED) is 0.161. The molecule has 0 amide bonds. The number of hydrogen-bond donors (Lipinski definition) is 0. The predicted molar refractivity (Wildman–Crippen MR) is 263 cm³/mol. The van der Waals surface area contributed by atoms with Crippen LogP contribution in [0.4, 0.5) is 17.1 Å². The number of nitrogens with zero attached hydrogens (tertiary/aromatic N) is 2. The van der Waals surface area contributed by atoms with Crippen LogP contribution in [0, 0.1) is 0 Å². The molecule has 0 N–H and O–H groups in total. The van der Waals surface area contributed by atoms with E-state index in [9.17, 15) is 0 Å². The van der Waals surface area contributed by atoms with Crippen LogP contribution in [0.15, 0.2) is 194 Å². The molecule has 0 aliphatic carbocycles. The summed E-state index contributed by atoms with van der Waals surface area (Å²) in [5, 5.41) is 13.3. The molecule has 12 aromatic rings. The molecule has 13 rings (SSSR count). The van der Waals surface area contributed by atoms with E-state index in [1.165, 1.54) is 107 Å². The molecule has 2 nitrogen and oxygen atoms in total. The smallest absolute Gasteiger partial charge is 0.113 e. The molecule has 60 heavy (non-hydrogen) atoms. The van der Waals surface area contributed by atoms with Crippen molar-refractivity contribution in [1.29, 1.82) is 0 Å². The van der Waals surface area contributed by atoms with Gasteiger partial charge in [0, 0.05) is 53.4 Å². The summed E-state index contributed by atoms with van der Waals surface area (Å²) in [5.74, 6) is 0. The van der Waals surface area contributed by atoms with E-state index >= 15 is 0 Å². The van der Waals surface area contributed by atoms with Crippen molar-refractivity contribution in [2.75, 3.05) is 4.90 Å². The van der Waals surface area contributed by atoms with Gasteiger partial charge in [-0.3, -0.25) is 0 Å². The maximum atomic E-state index is 2.57. The van der Waals surface area contributed by atoms with Gasteiger partial charge in [-0.25, -0.2) is 0 Å². The summed E-state index contributed by atoms with van der Waals surface area (Å²) in [6.07, 6.45) is 0. The summed E-state index contributed by atoms with van der Waals surface area (Å²) in [6, 6.07) is 72.8. The Labute approximate surface area is 352 Å². The fourth-order valence-electron chi connectivity index (χ4n) is 10.6. The van der Waals surface area contributed by atoms with E-state index in [1.54, 1.807) is 0 Å². The highest BCUT2D eigenvalue weighted by molar-refractivity contribution is 7.26. The van der Waals surface area contributed by atoms with Crippen molar-refractivity contribution >= 4 is 116 Å². The summed E-state index contributed by atoms with van der Waals surface area (Å²) in [7, 11) is -1.93. The number of benzene rings is 9. The lowest BCUT2D eigenvalue weighted by Gasteiger charge is -2.28. The first kappa shape index (κ1) is 33.9. The molecule has 0 unspecified atom stereocenters. The van der Waals surface area contributed by atoms with Gasteiger partial charge in [0.05, 0.1) is 16.6 Å². The minimum atomic E-state index is -1.93. The lowest BCUT2D eigenvalue weighted by molar-refractivity contribution is 1.29. The Bertz CT molecular complexity index is 3730. The number of thiophene rings is 1. The van der Waals surface area contributed by atoms with Crippen LogP contribution < -0.4 is 15.3 Å². The van der Waals surface area contributed by atoms with Crippen molar-refractivity contribution in [3.63, 3.8) is 0 Å². The molecule has 0 atom stereocenters. The van der Waals surface area contributed by atoms with Crippen molar-refractivity contribution in [3.8, 4) is 22.3 Å². The SMILES string of the molecule is C[Si]1(C)c2ccccc2-c2ccc(N(c3ccc(-c4ccccc4)cc3)c3ccc4c(c3)c3ccc5sc6cccc7c8ccccc8c8ccccc8n4c3c5c67)cc21. The molecule has 0 spiro atoms. The van der Waals surface area contributed by atoms with E-state index < -0.39 is 8.07 Å². The van der Waals surface area contributed by atoms with Gasteiger partial charge in [0.25, 0.3) is 0 Å². The summed E-state index contributed by atoms with van der Waals surface area (Å²) in [4.78, 5) is 2.48. The number of rotatable bonds is 4. The summed E-state index contributed by atoms with van der Waals surface area (Å²) in [6.45, 7) is 5.01. The second-order valence-electron chi connectivity index (χ2n) is 16.9. The van der Waals surface area contributed by atoms with Crippen LogP contribution in [-0.2, 0) is 0 Å². The van der Waals surface area contributed by atoms with E-state index in [4.69, 9.17) is 0 Å². The highest BCUT2D eigenvalue weighted by Crippen LogP contribution is 2.47. The van der Waals surface area contributed by atoms with Gasteiger partial charge in [-0.05, 0) is 109 Å². The topological polar surface area (TPSA) is 7.65 Å². The van der Waals surface area contributed by atoms with Gasteiger partial charge in [0.1, 0.15) is 8.07 Å². The largest absolute Gasteiger partial charge is 0.310 e. The number of para-hydroxylation sites is 1. The molecule has 282 valence electrons. The van der Waals surface area contributed by atoms with Crippen LogP contribution in [0.25, 0.3) is 91.3 Å². The summed E-state index contributed by atoms with van der Waals surface area (Å²) < 4.78 is 5.21. The second kappa shape index (κ2) is 12.5. The van der Waals surface area contributed by atoms with Crippen molar-refractivity contribution in [3.05, 3.63) is 194 Å². The van der Waals surface area contributed by atoms with Gasteiger partial charge in [0.15, 0.2) is 0 Å². The van der Waals surface area contributed by atoms with E-state index in [1.807, 2.05) is 11.3 Å². The maximum absolute atomic E-state index is 2.57. The number of hydrogen-bond acceptors (Lipinski definition) is 2. The minimum Gasteiger partial charge on any atom is -0.310 e. The first-order valence-electron chi connectivity index (χ1n) is 20.8. The molecule has 1 aliphatic rings. The third-order valence-corrected chi connectivity index (χ3v) is 18.0. The molecular formula is C56H38N2SSi. The molecule has 9 aromatic carbocycles. The van der Waals surface area contributed by atoms with Crippen LogP contribution in [0.3, 0.4) is 0 Å². The summed E-state index contributed by atoms with van der Waals surface area (Å²) >= 11 is 1.90. The van der Waals surface area contributed by atoms with Gasteiger partial charge in [-0.15, -0.1) is 11.3 Å². The average Bonchev–Trinajstić information content (AvgIpc) is 3.93. The third-order valence-electron chi connectivity index (χ3n) is 13.3. The van der Waals surface area contributed by atoms with E-state index in [0.717, 1.165) is 11.4 Å². The fraction of sp³-hybridized carbons (Fsp3) is 0.0357. The van der Waals surface area contributed by atoms with Crippen LogP contribution >= 0.6 is 11.3 Å². The molecular weight excluding hydrogens is 761 g/mol. The molecule has 0 saturated carbocycles. The number of aromatic nitrogens is 1. The summed E-state index contributed by atoms with van der Waals surface area (Å²) in [5.41, 5.74) is 12.4. The zero-order valence-corrected chi connectivity index (χ0v) is 35.1. The van der Waals surface area contributed by atoms with Crippen molar-refractivity contribution in [2.24, 2.45) is 0 Å². The van der Waals surface area contributed by atoms with Gasteiger partial charge < -0.3 is 9.30 Å². The van der Waals surface area contributed by atoms with Gasteiger partial charge in [-0.2, -0.15) is 0 Å². The normalized spacial score (nSPS) is 13.3. The number of anilines is 3. The highest BCUT2D eigenvalue weighted by atomic mass is 32.1. The van der Waals surface area contributed by atoms with Gasteiger partial charge in [-0.1, -0.05) is 147 Å². The van der Waals surface area contributed by atoms with Crippen molar-refractivity contribution in [1.82, 2.24) is 4.40 Å². The average molecular weight is 799 g/mol. The molecule has 0 radical (unpaired) electrons. The van der Waals surface area contributed by atoms with Crippen molar-refractivity contribution in [2.45, 2.75) is 13.1 Å². The third kappa shape index (κ3) is 4.69. The Morgan fingerprint density at radius 2 is 1.02 bits per heavy atom. The van der Waals surface area contributed by atoms with E-state index in [2.05, 4.69) is 217 Å². The van der Waals surface area contributed by atoms with E-state index in [0.29, 0.717) is 0 Å². The van der Waals surface area contributed by atoms with Crippen LogP contribution in [-0.4, -0.2) is 12.5 Å². The first-order valence-corrected chi connectivity index (χ1v) is 24.7. The molecule has 0 bridgehead atoms. The molecule has 4 heterocycles. The predicted octanol–water partition coefficient (Wildman–Crippen LogP) is 14.9. The standard InChI is InChI=1S/C56H38N2SSi/c1-60(2)52-22-11-9-18-43(52)44-29-27-39(34-53(44)60)57(37-25-23-36(24-26-37)35-13-4-3-5-14-35)38-28-31-49-47(33-38)46-30-32-51-55-54-45(19-12-21-50(54)59-51)41-16-7-6-15-40(41)42-17-8-10-20-48(42)58(49)56(46)55/h3-34H,1-2H3. The highest BCUT2D eigenvalue weighted by Gasteiger charge is 2.37.